The second kappa shape index (κ2) is 8.67. The zero-order valence-electron chi connectivity index (χ0n) is 14.4. The van der Waals surface area contributed by atoms with Crippen LogP contribution in [0.2, 0.25) is 0 Å². The molecule has 0 fully saturated rings. The quantitative estimate of drug-likeness (QED) is 0.341. The van der Waals surface area contributed by atoms with Crippen molar-refractivity contribution in [3.05, 3.63) is 97.1 Å². The number of carbonyl (C=O) groups excluding carboxylic acids is 1. The molecule has 0 atom stereocenters. The molecule has 0 aliphatic heterocycles. The molecule has 0 saturated carbocycles. The molecule has 0 aromatic heterocycles. The van der Waals surface area contributed by atoms with Crippen LogP contribution in [0.1, 0.15) is 5.56 Å². The maximum absolute atomic E-state index is 12.3. The molecular formula is C23H20O3. The Balaban J connectivity index is 1.69. The Kier molecular flexibility index (Phi) is 5.84. The summed E-state index contributed by atoms with van der Waals surface area (Å²) >= 11 is 0. The normalized spacial score (nSPS) is 10.2. The van der Waals surface area contributed by atoms with Crippen LogP contribution < -0.4 is 9.47 Å². The Morgan fingerprint density at radius 3 is 2.27 bits per heavy atom. The summed E-state index contributed by atoms with van der Waals surface area (Å²) in [5, 5.41) is 0. The highest BCUT2D eigenvalue weighted by atomic mass is 16.6. The second-order valence-electron chi connectivity index (χ2n) is 5.73. The number of carbonyl (C=O) groups is 1. The van der Waals surface area contributed by atoms with E-state index in [9.17, 15) is 4.79 Å². The van der Waals surface area contributed by atoms with Crippen molar-refractivity contribution in [3.63, 3.8) is 0 Å². The van der Waals surface area contributed by atoms with E-state index in [0.717, 1.165) is 16.7 Å². The van der Waals surface area contributed by atoms with Gasteiger partial charge in [0.2, 0.25) is 0 Å². The number of ether oxygens (including phenoxy) is 2. The highest BCUT2D eigenvalue weighted by Crippen LogP contribution is 2.29. The van der Waals surface area contributed by atoms with Gasteiger partial charge in [-0.2, -0.15) is 0 Å². The SMILES string of the molecule is C=CCc1ccccc1OCC(=O)Oc1ccccc1-c1ccccc1. The monoisotopic (exact) mass is 344 g/mol. The number of allylic oxidation sites excluding steroid dienone is 1. The largest absolute Gasteiger partial charge is 0.482 e. The van der Waals surface area contributed by atoms with Crippen LogP contribution >= 0.6 is 0 Å². The zero-order chi connectivity index (χ0) is 18.2. The lowest BCUT2D eigenvalue weighted by atomic mass is 10.1. The molecule has 0 N–H and O–H groups in total. The molecule has 3 aromatic rings. The molecule has 26 heavy (non-hydrogen) atoms. The van der Waals surface area contributed by atoms with Gasteiger partial charge >= 0.3 is 5.97 Å². The molecule has 0 aliphatic carbocycles. The van der Waals surface area contributed by atoms with Crippen LogP contribution in [0.15, 0.2) is 91.5 Å². The lowest BCUT2D eigenvalue weighted by molar-refractivity contribution is -0.136. The summed E-state index contributed by atoms with van der Waals surface area (Å²) in [5.74, 6) is 0.745. The zero-order valence-corrected chi connectivity index (χ0v) is 14.4. The van der Waals surface area contributed by atoms with E-state index in [1.807, 2.05) is 72.8 Å². The summed E-state index contributed by atoms with van der Waals surface area (Å²) in [6.07, 6.45) is 2.48. The first-order chi connectivity index (χ1) is 12.8. The van der Waals surface area contributed by atoms with Crippen molar-refractivity contribution in [2.24, 2.45) is 0 Å². The predicted molar refractivity (Wildman–Crippen MR) is 103 cm³/mol. The first-order valence-corrected chi connectivity index (χ1v) is 8.44. The highest BCUT2D eigenvalue weighted by Gasteiger charge is 2.12. The third kappa shape index (κ3) is 4.39. The molecule has 3 nitrogen and oxygen atoms in total. The van der Waals surface area contributed by atoms with Gasteiger partial charge < -0.3 is 9.47 Å². The van der Waals surface area contributed by atoms with E-state index < -0.39 is 5.97 Å². The van der Waals surface area contributed by atoms with Gasteiger partial charge in [-0.05, 0) is 29.7 Å². The van der Waals surface area contributed by atoms with Gasteiger partial charge in [0.25, 0.3) is 0 Å². The fraction of sp³-hybridized carbons (Fsp3) is 0.0870. The van der Waals surface area contributed by atoms with Crippen molar-refractivity contribution >= 4 is 5.97 Å². The van der Waals surface area contributed by atoms with E-state index in [1.54, 1.807) is 12.1 Å². The van der Waals surface area contributed by atoms with E-state index in [2.05, 4.69) is 6.58 Å². The topological polar surface area (TPSA) is 35.5 Å². The van der Waals surface area contributed by atoms with E-state index in [0.29, 0.717) is 17.9 Å². The molecule has 3 heteroatoms. The van der Waals surface area contributed by atoms with E-state index in [4.69, 9.17) is 9.47 Å². The van der Waals surface area contributed by atoms with E-state index in [1.165, 1.54) is 0 Å². The maximum atomic E-state index is 12.3. The Bertz CT molecular complexity index is 885. The number of rotatable bonds is 7. The van der Waals surface area contributed by atoms with Crippen LogP contribution in [-0.2, 0) is 11.2 Å². The van der Waals surface area contributed by atoms with Gasteiger partial charge in [-0.25, -0.2) is 4.79 Å². The molecule has 0 radical (unpaired) electrons. The molecule has 0 saturated heterocycles. The molecule has 0 unspecified atom stereocenters. The molecule has 0 heterocycles. The molecule has 0 amide bonds. The van der Waals surface area contributed by atoms with Crippen LogP contribution in [-0.4, -0.2) is 12.6 Å². The molecular weight excluding hydrogens is 324 g/mol. The van der Waals surface area contributed by atoms with Crippen LogP contribution in [0, 0.1) is 0 Å². The highest BCUT2D eigenvalue weighted by molar-refractivity contribution is 5.78. The smallest absolute Gasteiger partial charge is 0.349 e. The minimum atomic E-state index is -0.443. The van der Waals surface area contributed by atoms with Crippen molar-refractivity contribution in [1.82, 2.24) is 0 Å². The van der Waals surface area contributed by atoms with Crippen LogP contribution in [0.4, 0.5) is 0 Å². The fourth-order valence-corrected chi connectivity index (χ4v) is 2.67. The lowest BCUT2D eigenvalue weighted by Gasteiger charge is -2.12. The van der Waals surface area contributed by atoms with Crippen molar-refractivity contribution in [2.75, 3.05) is 6.61 Å². The van der Waals surface area contributed by atoms with Crippen LogP contribution in [0.5, 0.6) is 11.5 Å². The lowest BCUT2D eigenvalue weighted by Crippen LogP contribution is -2.18. The van der Waals surface area contributed by atoms with Gasteiger partial charge in [-0.3, -0.25) is 0 Å². The molecule has 0 aliphatic rings. The van der Waals surface area contributed by atoms with Gasteiger partial charge in [0.05, 0.1) is 0 Å². The third-order valence-corrected chi connectivity index (χ3v) is 3.88. The minimum Gasteiger partial charge on any atom is -0.482 e. The molecule has 0 bridgehead atoms. The number of hydrogen-bond acceptors (Lipinski definition) is 3. The Morgan fingerprint density at radius 2 is 1.50 bits per heavy atom. The summed E-state index contributed by atoms with van der Waals surface area (Å²) in [7, 11) is 0. The van der Waals surface area contributed by atoms with Crippen molar-refractivity contribution < 1.29 is 14.3 Å². The van der Waals surface area contributed by atoms with Gasteiger partial charge in [0.1, 0.15) is 11.5 Å². The predicted octanol–water partition coefficient (Wildman–Crippen LogP) is 5.07. The van der Waals surface area contributed by atoms with Crippen molar-refractivity contribution in [2.45, 2.75) is 6.42 Å². The average molecular weight is 344 g/mol. The summed E-state index contributed by atoms with van der Waals surface area (Å²) in [6.45, 7) is 3.58. The Labute approximate surface area is 153 Å². The first kappa shape index (κ1) is 17.5. The number of benzene rings is 3. The standard InChI is InChI=1S/C23H20O3/c1-2-10-19-13-6-8-15-21(19)25-17-23(24)26-22-16-9-7-14-20(22)18-11-4-3-5-12-18/h2-9,11-16H,1,10,17H2. The Morgan fingerprint density at radius 1 is 0.846 bits per heavy atom. The van der Waals surface area contributed by atoms with Crippen molar-refractivity contribution in [1.29, 1.82) is 0 Å². The van der Waals surface area contributed by atoms with Crippen LogP contribution in [0.3, 0.4) is 0 Å². The maximum Gasteiger partial charge on any atom is 0.349 e. The molecule has 130 valence electrons. The molecule has 0 spiro atoms. The summed E-state index contributed by atoms with van der Waals surface area (Å²) in [4.78, 5) is 12.3. The Hall–Kier alpha value is -3.33. The average Bonchev–Trinajstić information content (AvgIpc) is 2.69. The molecule has 3 rings (SSSR count). The van der Waals surface area contributed by atoms with Gasteiger partial charge in [-0.1, -0.05) is 72.8 Å². The summed E-state index contributed by atoms with van der Waals surface area (Å²) in [5.41, 5.74) is 2.85. The summed E-state index contributed by atoms with van der Waals surface area (Å²) < 4.78 is 11.2. The van der Waals surface area contributed by atoms with E-state index >= 15 is 0 Å². The first-order valence-electron chi connectivity index (χ1n) is 8.44. The fourth-order valence-electron chi connectivity index (χ4n) is 2.67. The second-order valence-corrected chi connectivity index (χ2v) is 5.73. The summed E-state index contributed by atoms with van der Waals surface area (Å²) in [6, 6.07) is 24.9. The van der Waals surface area contributed by atoms with Crippen molar-refractivity contribution in [3.8, 4) is 22.6 Å². The number of esters is 1. The number of hydrogen-bond donors (Lipinski definition) is 0. The van der Waals surface area contributed by atoms with E-state index in [-0.39, 0.29) is 6.61 Å². The van der Waals surface area contributed by atoms with Crippen LogP contribution in [0.25, 0.3) is 11.1 Å². The molecule has 3 aromatic carbocycles. The van der Waals surface area contributed by atoms with Gasteiger partial charge in [0, 0.05) is 5.56 Å². The minimum absolute atomic E-state index is 0.155. The van der Waals surface area contributed by atoms with Gasteiger partial charge in [-0.15, -0.1) is 6.58 Å². The number of para-hydroxylation sites is 2. The third-order valence-electron chi connectivity index (χ3n) is 3.88. The van der Waals surface area contributed by atoms with Gasteiger partial charge in [0.15, 0.2) is 6.61 Å².